The van der Waals surface area contributed by atoms with Gasteiger partial charge in [-0.05, 0) is 30.0 Å². The normalized spacial score (nSPS) is 22.9. The number of benzene rings is 2. The molecule has 1 saturated heterocycles. The summed E-state index contributed by atoms with van der Waals surface area (Å²) in [5.41, 5.74) is 5.49. The van der Waals surface area contributed by atoms with Crippen molar-refractivity contribution in [2.45, 2.75) is 17.5 Å². The molecule has 3 atom stereocenters. The van der Waals surface area contributed by atoms with Crippen LogP contribution < -0.4 is 10.6 Å². The molecular weight excluding hydrogens is 380 g/mol. The van der Waals surface area contributed by atoms with E-state index in [-0.39, 0.29) is 6.54 Å². The number of nitrogens with zero attached hydrogens (tertiary/aromatic N) is 1. The van der Waals surface area contributed by atoms with Crippen molar-refractivity contribution < 1.29 is 22.4 Å². The number of hydrogen-bond acceptors (Lipinski definition) is 3. The lowest BCUT2D eigenvalue weighted by Crippen LogP contribution is -2.36. The summed E-state index contributed by atoms with van der Waals surface area (Å²) in [6.07, 6.45) is -2.72. The number of anilines is 1. The van der Waals surface area contributed by atoms with Crippen molar-refractivity contribution in [3.63, 3.8) is 0 Å². The minimum atomic E-state index is -4.49. The number of primary amides is 1. The highest BCUT2D eigenvalue weighted by atomic mass is 32.2. The van der Waals surface area contributed by atoms with Crippen LogP contribution in [-0.2, 0) is 11.0 Å². The Morgan fingerprint density at radius 2 is 1.89 bits per heavy atom. The van der Waals surface area contributed by atoms with Crippen LogP contribution in [-0.4, -0.2) is 24.1 Å². The molecule has 0 spiro atoms. The summed E-state index contributed by atoms with van der Waals surface area (Å²) in [5.74, 6) is -2.38. The number of rotatable bonds is 4. The summed E-state index contributed by atoms with van der Waals surface area (Å²) < 4.78 is 53.6. The average molecular weight is 398 g/mol. The van der Waals surface area contributed by atoms with Crippen LogP contribution in [0, 0.1) is 11.7 Å². The molecule has 1 heterocycles. The average Bonchev–Trinajstić information content (AvgIpc) is 3.01. The molecule has 2 N–H and O–H groups in total. The van der Waals surface area contributed by atoms with Gasteiger partial charge in [0.2, 0.25) is 5.91 Å². The van der Waals surface area contributed by atoms with Gasteiger partial charge in [-0.1, -0.05) is 30.3 Å². The summed E-state index contributed by atoms with van der Waals surface area (Å²) >= 11 is 1.32. The van der Waals surface area contributed by atoms with Gasteiger partial charge in [-0.3, -0.25) is 4.79 Å². The first-order chi connectivity index (χ1) is 12.7. The largest absolute Gasteiger partial charge is 0.416 e. The van der Waals surface area contributed by atoms with Gasteiger partial charge in [0.05, 0.1) is 22.5 Å². The van der Waals surface area contributed by atoms with Gasteiger partial charge >= 0.3 is 6.18 Å². The fourth-order valence-corrected chi connectivity index (χ4v) is 4.68. The fraction of sp³-hybridized carbons (Fsp3) is 0.316. The summed E-state index contributed by atoms with van der Waals surface area (Å²) in [6, 6.07) is 11.0. The molecule has 8 heteroatoms. The molecule has 1 aliphatic rings. The van der Waals surface area contributed by atoms with Gasteiger partial charge in [0.15, 0.2) is 0 Å². The van der Waals surface area contributed by atoms with E-state index in [9.17, 15) is 22.4 Å². The topological polar surface area (TPSA) is 46.3 Å². The van der Waals surface area contributed by atoms with E-state index in [0.29, 0.717) is 11.3 Å². The molecule has 0 radical (unpaired) electrons. The van der Waals surface area contributed by atoms with Crippen molar-refractivity contribution in [3.05, 3.63) is 65.5 Å². The zero-order chi connectivity index (χ0) is 19.8. The lowest BCUT2D eigenvalue weighted by Gasteiger charge is -2.27. The molecule has 0 bridgehead atoms. The third kappa shape index (κ3) is 3.76. The van der Waals surface area contributed by atoms with Gasteiger partial charge < -0.3 is 10.6 Å². The van der Waals surface area contributed by atoms with Gasteiger partial charge in [0.25, 0.3) is 0 Å². The van der Waals surface area contributed by atoms with Crippen LogP contribution in [0.4, 0.5) is 23.2 Å². The maximum atomic E-state index is 14.3. The maximum absolute atomic E-state index is 14.3. The number of alkyl halides is 3. The molecule has 2 aromatic rings. The predicted molar refractivity (Wildman–Crippen MR) is 97.9 cm³/mol. The summed E-state index contributed by atoms with van der Waals surface area (Å²) in [5, 5.41) is -0.473. The molecule has 0 aliphatic carbocycles. The Labute approximate surface area is 158 Å². The molecule has 3 unspecified atom stereocenters. The van der Waals surface area contributed by atoms with Crippen LogP contribution in [0.25, 0.3) is 0 Å². The van der Waals surface area contributed by atoms with E-state index < -0.39 is 40.7 Å². The smallest absolute Gasteiger partial charge is 0.369 e. The molecule has 1 fully saturated rings. The highest BCUT2D eigenvalue weighted by Gasteiger charge is 2.46. The monoisotopic (exact) mass is 398 g/mol. The summed E-state index contributed by atoms with van der Waals surface area (Å²) in [7, 11) is 0. The van der Waals surface area contributed by atoms with E-state index in [0.717, 1.165) is 12.1 Å². The van der Waals surface area contributed by atoms with E-state index in [1.54, 1.807) is 35.4 Å². The van der Waals surface area contributed by atoms with Crippen LogP contribution in [0.15, 0.2) is 48.5 Å². The first-order valence-electron chi connectivity index (χ1n) is 8.24. The molecular formula is C19H18F4N2OS. The molecule has 3 nitrogen and oxygen atoms in total. The molecule has 3 rings (SSSR count). The van der Waals surface area contributed by atoms with Crippen molar-refractivity contribution in [3.8, 4) is 0 Å². The maximum Gasteiger partial charge on any atom is 0.416 e. The van der Waals surface area contributed by atoms with E-state index in [1.807, 2.05) is 0 Å². The van der Waals surface area contributed by atoms with Crippen molar-refractivity contribution in [1.29, 1.82) is 0 Å². The fourth-order valence-electron chi connectivity index (χ4n) is 3.61. The number of carbonyl (C=O) groups excluding carboxylic acids is 1. The number of nitrogens with two attached hydrogens (primary N) is 1. The van der Waals surface area contributed by atoms with Crippen molar-refractivity contribution in [2.24, 2.45) is 11.7 Å². The van der Waals surface area contributed by atoms with E-state index in [4.69, 9.17) is 5.73 Å². The van der Waals surface area contributed by atoms with Gasteiger partial charge in [-0.15, -0.1) is 11.8 Å². The van der Waals surface area contributed by atoms with E-state index in [2.05, 4.69) is 0 Å². The van der Waals surface area contributed by atoms with Crippen LogP contribution in [0.2, 0.25) is 0 Å². The minimum Gasteiger partial charge on any atom is -0.369 e. The van der Waals surface area contributed by atoms with Gasteiger partial charge in [-0.2, -0.15) is 13.2 Å². The third-order valence-electron chi connectivity index (χ3n) is 4.82. The number of para-hydroxylation sites is 1. The number of hydrogen-bond donors (Lipinski definition) is 1. The lowest BCUT2D eigenvalue weighted by atomic mass is 9.87. The highest BCUT2D eigenvalue weighted by molar-refractivity contribution is 7.99. The number of halogens is 4. The Balaban J connectivity index is 2.05. The molecule has 0 saturated carbocycles. The molecule has 144 valence electrons. The molecule has 27 heavy (non-hydrogen) atoms. The second-order valence-corrected chi connectivity index (χ2v) is 7.34. The number of carbonyl (C=O) groups is 1. The van der Waals surface area contributed by atoms with E-state index in [1.165, 1.54) is 23.9 Å². The van der Waals surface area contributed by atoms with E-state index >= 15 is 0 Å². The molecule has 1 aliphatic heterocycles. The Morgan fingerprint density at radius 3 is 2.48 bits per heavy atom. The molecule has 0 aromatic heterocycles. The van der Waals surface area contributed by atoms with Crippen molar-refractivity contribution >= 4 is 23.4 Å². The second-order valence-electron chi connectivity index (χ2n) is 6.39. The minimum absolute atomic E-state index is 0.196. The molecule has 1 amide bonds. The zero-order valence-corrected chi connectivity index (χ0v) is 15.2. The standard InChI is InChI=1S/C19H18F4N2OS/c1-27-18-16(17(24)26)13(10-25(18)15-8-3-2-7-14(15)20)11-5-4-6-12(9-11)19(21,22)23/h2-9,13,16,18H,10H2,1H3,(H2,24,26). The lowest BCUT2D eigenvalue weighted by molar-refractivity contribution is -0.137. The highest BCUT2D eigenvalue weighted by Crippen LogP contribution is 2.45. The van der Waals surface area contributed by atoms with Crippen molar-refractivity contribution in [1.82, 2.24) is 0 Å². The first kappa shape index (κ1) is 19.5. The Bertz CT molecular complexity index is 842. The number of thioether (sulfide) groups is 1. The Hall–Kier alpha value is -2.22. The predicted octanol–water partition coefficient (Wildman–Crippen LogP) is 4.24. The van der Waals surface area contributed by atoms with Gasteiger partial charge in [-0.25, -0.2) is 4.39 Å². The van der Waals surface area contributed by atoms with Crippen LogP contribution in [0.3, 0.4) is 0 Å². The SMILES string of the molecule is CSC1C(C(N)=O)C(c2cccc(C(F)(F)F)c2)CN1c1ccccc1F. The van der Waals surface area contributed by atoms with Crippen LogP contribution in [0.1, 0.15) is 17.0 Å². The zero-order valence-electron chi connectivity index (χ0n) is 14.4. The van der Waals surface area contributed by atoms with Gasteiger partial charge in [0, 0.05) is 12.5 Å². The molecule has 2 aromatic carbocycles. The number of amides is 1. The Morgan fingerprint density at radius 1 is 1.19 bits per heavy atom. The summed E-state index contributed by atoms with van der Waals surface area (Å²) in [4.78, 5) is 13.9. The van der Waals surface area contributed by atoms with Gasteiger partial charge in [0.1, 0.15) is 5.82 Å². The third-order valence-corrected chi connectivity index (χ3v) is 5.85. The van der Waals surface area contributed by atoms with Crippen LogP contribution in [0.5, 0.6) is 0 Å². The first-order valence-corrected chi connectivity index (χ1v) is 9.53. The van der Waals surface area contributed by atoms with Crippen LogP contribution >= 0.6 is 11.8 Å². The second kappa shape index (κ2) is 7.42. The Kier molecular flexibility index (Phi) is 5.37. The summed E-state index contributed by atoms with van der Waals surface area (Å²) in [6.45, 7) is 0.196. The quantitative estimate of drug-likeness (QED) is 0.784. The van der Waals surface area contributed by atoms with Crippen molar-refractivity contribution in [2.75, 3.05) is 17.7 Å².